The minimum absolute atomic E-state index is 0.183. The Balaban J connectivity index is 2.00. The van der Waals surface area contributed by atoms with Gasteiger partial charge in [0.2, 0.25) is 0 Å². The van der Waals surface area contributed by atoms with Crippen LogP contribution in [0, 0.1) is 0 Å². The average Bonchev–Trinajstić information content (AvgIpc) is 2.43. The molecule has 3 nitrogen and oxygen atoms in total. The van der Waals surface area contributed by atoms with E-state index in [4.69, 9.17) is 4.74 Å². The van der Waals surface area contributed by atoms with E-state index in [1.807, 2.05) is 0 Å². The van der Waals surface area contributed by atoms with Crippen LogP contribution in [0.4, 0.5) is 0 Å². The molecule has 130 valence electrons. The quantitative estimate of drug-likeness (QED) is 0.858. The number of hydrogen-bond donors (Lipinski definition) is 2. The standard InChI is InChI=1S/C20H34N2O/c1-14(16-8-10-18(23-7)11-9-16)15(2)21-17-12-19(3,4)22-20(5,6)13-17/h8-11,14-15,17,21-22H,12-13H2,1-7H3. The summed E-state index contributed by atoms with van der Waals surface area (Å²) in [7, 11) is 1.71. The Bertz CT molecular complexity index is 491. The number of ether oxygens (including phenoxy) is 1. The molecule has 2 atom stereocenters. The van der Waals surface area contributed by atoms with Crippen molar-refractivity contribution in [1.82, 2.24) is 10.6 Å². The third kappa shape index (κ3) is 4.95. The Labute approximate surface area is 142 Å². The summed E-state index contributed by atoms with van der Waals surface area (Å²) in [6.07, 6.45) is 2.33. The topological polar surface area (TPSA) is 33.3 Å². The lowest BCUT2D eigenvalue weighted by atomic mass is 9.79. The van der Waals surface area contributed by atoms with Gasteiger partial charge in [0.15, 0.2) is 0 Å². The van der Waals surface area contributed by atoms with Gasteiger partial charge in [0.25, 0.3) is 0 Å². The molecule has 2 rings (SSSR count). The normalized spacial score (nSPS) is 23.3. The number of piperidine rings is 1. The number of benzene rings is 1. The molecule has 3 heteroatoms. The third-order valence-electron chi connectivity index (χ3n) is 5.08. The molecule has 23 heavy (non-hydrogen) atoms. The molecule has 1 aromatic carbocycles. The summed E-state index contributed by atoms with van der Waals surface area (Å²) in [6, 6.07) is 9.45. The Kier molecular flexibility index (Phi) is 5.42. The van der Waals surface area contributed by atoms with Gasteiger partial charge in [0.1, 0.15) is 5.75 Å². The molecule has 0 amide bonds. The van der Waals surface area contributed by atoms with Crippen molar-refractivity contribution in [3.8, 4) is 5.75 Å². The Morgan fingerprint density at radius 1 is 1.04 bits per heavy atom. The van der Waals surface area contributed by atoms with Crippen molar-refractivity contribution in [3.05, 3.63) is 29.8 Å². The zero-order valence-electron chi connectivity index (χ0n) is 15.9. The van der Waals surface area contributed by atoms with E-state index in [0.717, 1.165) is 18.6 Å². The highest BCUT2D eigenvalue weighted by molar-refractivity contribution is 5.29. The van der Waals surface area contributed by atoms with Crippen LogP contribution >= 0.6 is 0 Å². The van der Waals surface area contributed by atoms with Crippen LogP contribution in [-0.4, -0.2) is 30.3 Å². The molecule has 1 aromatic rings. The molecule has 1 saturated heterocycles. The number of methoxy groups -OCH3 is 1. The first kappa shape index (κ1) is 18.3. The Hall–Kier alpha value is -1.06. The molecule has 0 bridgehead atoms. The zero-order valence-corrected chi connectivity index (χ0v) is 15.9. The minimum atomic E-state index is 0.183. The lowest BCUT2D eigenvalue weighted by Crippen LogP contribution is -2.62. The minimum Gasteiger partial charge on any atom is -0.497 e. The molecule has 0 spiro atoms. The second kappa shape index (κ2) is 6.82. The van der Waals surface area contributed by atoms with Crippen molar-refractivity contribution in [2.75, 3.05) is 7.11 Å². The van der Waals surface area contributed by atoms with Crippen molar-refractivity contribution in [2.24, 2.45) is 0 Å². The average molecular weight is 319 g/mol. The molecule has 1 aliphatic rings. The molecular formula is C20H34N2O. The maximum atomic E-state index is 5.25. The fraction of sp³-hybridized carbons (Fsp3) is 0.700. The molecule has 2 unspecified atom stereocenters. The molecular weight excluding hydrogens is 284 g/mol. The van der Waals surface area contributed by atoms with Crippen LogP contribution in [0.1, 0.15) is 65.9 Å². The molecule has 1 heterocycles. The SMILES string of the molecule is COc1ccc(C(C)C(C)NC2CC(C)(C)NC(C)(C)C2)cc1. The van der Waals surface area contributed by atoms with Gasteiger partial charge in [-0.25, -0.2) is 0 Å². The number of nitrogens with one attached hydrogen (secondary N) is 2. The zero-order chi connectivity index (χ0) is 17.3. The lowest BCUT2D eigenvalue weighted by molar-refractivity contribution is 0.138. The second-order valence-corrected chi connectivity index (χ2v) is 8.52. The Morgan fingerprint density at radius 3 is 2.04 bits per heavy atom. The van der Waals surface area contributed by atoms with Crippen molar-refractivity contribution in [3.63, 3.8) is 0 Å². The Morgan fingerprint density at radius 2 is 1.57 bits per heavy atom. The summed E-state index contributed by atoms with van der Waals surface area (Å²) in [5, 5.41) is 7.64. The van der Waals surface area contributed by atoms with E-state index in [2.05, 4.69) is 76.4 Å². The molecule has 0 aliphatic carbocycles. The van der Waals surface area contributed by atoms with E-state index in [9.17, 15) is 0 Å². The van der Waals surface area contributed by atoms with Gasteiger partial charge in [0.05, 0.1) is 7.11 Å². The van der Waals surface area contributed by atoms with Gasteiger partial charge < -0.3 is 15.4 Å². The number of rotatable bonds is 5. The molecule has 2 N–H and O–H groups in total. The van der Waals surface area contributed by atoms with Gasteiger partial charge in [-0.1, -0.05) is 19.1 Å². The molecule has 0 aromatic heterocycles. The van der Waals surface area contributed by atoms with Gasteiger partial charge in [-0.3, -0.25) is 0 Å². The highest BCUT2D eigenvalue weighted by atomic mass is 16.5. The van der Waals surface area contributed by atoms with Crippen LogP contribution in [0.25, 0.3) is 0 Å². The van der Waals surface area contributed by atoms with Crippen LogP contribution < -0.4 is 15.4 Å². The van der Waals surface area contributed by atoms with Gasteiger partial charge in [-0.15, -0.1) is 0 Å². The van der Waals surface area contributed by atoms with Gasteiger partial charge in [-0.2, -0.15) is 0 Å². The summed E-state index contributed by atoms with van der Waals surface area (Å²) in [4.78, 5) is 0. The largest absolute Gasteiger partial charge is 0.497 e. The fourth-order valence-electron chi connectivity index (χ4n) is 4.15. The van der Waals surface area contributed by atoms with E-state index in [1.54, 1.807) is 7.11 Å². The monoisotopic (exact) mass is 318 g/mol. The maximum absolute atomic E-state index is 5.25. The van der Waals surface area contributed by atoms with E-state index >= 15 is 0 Å². The van der Waals surface area contributed by atoms with Crippen molar-refractivity contribution in [1.29, 1.82) is 0 Å². The van der Waals surface area contributed by atoms with Crippen molar-refractivity contribution < 1.29 is 4.74 Å². The van der Waals surface area contributed by atoms with E-state index < -0.39 is 0 Å². The van der Waals surface area contributed by atoms with Gasteiger partial charge in [-0.05, 0) is 71.1 Å². The molecule has 1 aliphatic heterocycles. The van der Waals surface area contributed by atoms with E-state index in [1.165, 1.54) is 5.56 Å². The summed E-state index contributed by atoms with van der Waals surface area (Å²) >= 11 is 0. The van der Waals surface area contributed by atoms with Gasteiger partial charge >= 0.3 is 0 Å². The highest BCUT2D eigenvalue weighted by Gasteiger charge is 2.38. The fourth-order valence-corrected chi connectivity index (χ4v) is 4.15. The van der Waals surface area contributed by atoms with Crippen LogP contribution in [0.2, 0.25) is 0 Å². The van der Waals surface area contributed by atoms with Crippen LogP contribution in [0.3, 0.4) is 0 Å². The van der Waals surface area contributed by atoms with Gasteiger partial charge in [0, 0.05) is 23.2 Å². The van der Waals surface area contributed by atoms with Crippen molar-refractivity contribution >= 4 is 0 Å². The predicted octanol–water partition coefficient (Wildman–Crippen LogP) is 4.09. The third-order valence-corrected chi connectivity index (χ3v) is 5.08. The van der Waals surface area contributed by atoms with Crippen LogP contribution in [0.5, 0.6) is 5.75 Å². The van der Waals surface area contributed by atoms with Crippen LogP contribution in [0.15, 0.2) is 24.3 Å². The molecule has 1 fully saturated rings. The first-order valence-electron chi connectivity index (χ1n) is 8.81. The van der Waals surface area contributed by atoms with Crippen molar-refractivity contribution in [2.45, 2.75) is 83.5 Å². The summed E-state index contributed by atoms with van der Waals surface area (Å²) < 4.78 is 5.25. The first-order chi connectivity index (χ1) is 10.6. The summed E-state index contributed by atoms with van der Waals surface area (Å²) in [6.45, 7) is 13.8. The maximum Gasteiger partial charge on any atom is 0.118 e. The molecule has 0 radical (unpaired) electrons. The molecule has 0 saturated carbocycles. The van der Waals surface area contributed by atoms with E-state index in [-0.39, 0.29) is 11.1 Å². The smallest absolute Gasteiger partial charge is 0.118 e. The van der Waals surface area contributed by atoms with Crippen LogP contribution in [-0.2, 0) is 0 Å². The second-order valence-electron chi connectivity index (χ2n) is 8.52. The first-order valence-corrected chi connectivity index (χ1v) is 8.81. The summed E-state index contributed by atoms with van der Waals surface area (Å²) in [5.74, 6) is 1.39. The number of hydrogen-bond acceptors (Lipinski definition) is 3. The summed E-state index contributed by atoms with van der Waals surface area (Å²) in [5.41, 5.74) is 1.73. The highest BCUT2D eigenvalue weighted by Crippen LogP contribution is 2.30. The lowest BCUT2D eigenvalue weighted by Gasteiger charge is -2.47. The van der Waals surface area contributed by atoms with E-state index in [0.29, 0.717) is 18.0 Å². The predicted molar refractivity (Wildman–Crippen MR) is 98.3 cm³/mol.